The summed E-state index contributed by atoms with van der Waals surface area (Å²) >= 11 is 6.51. The highest BCUT2D eigenvalue weighted by Gasteiger charge is 2.41. The molecule has 3 rings (SSSR count). The number of piperidine rings is 1. The van der Waals surface area contributed by atoms with Crippen molar-refractivity contribution in [2.24, 2.45) is 29.6 Å². The Bertz CT molecular complexity index is 1390. The lowest BCUT2D eigenvalue weighted by atomic mass is 9.82. The summed E-state index contributed by atoms with van der Waals surface area (Å²) in [6.45, 7) is 13.1. The molecule has 0 aromatic carbocycles. The minimum atomic E-state index is -1.13. The number of nitrogens with zero attached hydrogens (tertiary/aromatic N) is 1. The number of ketones is 2. The maximum atomic E-state index is 13.9. The van der Waals surface area contributed by atoms with Gasteiger partial charge in [-0.05, 0) is 95.5 Å². The molecule has 2 aliphatic heterocycles. The van der Waals surface area contributed by atoms with Crippen LogP contribution in [0.25, 0.3) is 0 Å². The number of allylic oxidation sites excluding steroid dienone is 3. The number of methoxy groups -OCH3 is 3. The van der Waals surface area contributed by atoms with Gasteiger partial charge in [0.1, 0.15) is 24.0 Å². The number of aliphatic hydroxyl groups is 2. The standard InChI is InChI=1S/C44H72ClNO11/c1-11-32(19-25(2)18-26(3)20-38(54-9)41-39(55-10)22-28(5)43(51)57-41)36(49)24-35(48)29(6)40(27(4)21-31-15-16-33(45)37(23-31)53-8)56-44(52)34-14-12-13-17-46(34)42(50)30(7)47/h19,21,26,28-29,31-35,37-41,43,48,51H,11-18,20,22-24H2,1-10H3/b25-19+,27-21+/t26-,28+,29+,31-,32+,33-,34-,35-,37+,38-,39-,40+,41+,43-/m0/s1. The topological polar surface area (TPSA) is 158 Å². The van der Waals surface area contributed by atoms with Gasteiger partial charge in [0.15, 0.2) is 6.29 Å². The molecule has 2 heterocycles. The van der Waals surface area contributed by atoms with Crippen LogP contribution in [0.3, 0.4) is 0 Å². The third-order valence-corrected chi connectivity index (χ3v) is 12.9. The van der Waals surface area contributed by atoms with Crippen molar-refractivity contribution in [3.8, 4) is 0 Å². The van der Waals surface area contributed by atoms with Gasteiger partial charge in [0, 0.05) is 59.0 Å². The highest BCUT2D eigenvalue weighted by Crippen LogP contribution is 2.35. The highest BCUT2D eigenvalue weighted by molar-refractivity contribution is 6.35. The lowest BCUT2D eigenvalue weighted by Crippen LogP contribution is -2.51. The van der Waals surface area contributed by atoms with Crippen molar-refractivity contribution in [2.75, 3.05) is 27.9 Å². The Labute approximate surface area is 346 Å². The molecule has 1 saturated carbocycles. The monoisotopic (exact) mass is 825 g/mol. The fraction of sp³-hybridized carbons (Fsp3) is 0.818. The molecule has 14 atom stereocenters. The first kappa shape index (κ1) is 49.2. The lowest BCUT2D eigenvalue weighted by Gasteiger charge is -2.41. The van der Waals surface area contributed by atoms with Crippen LogP contribution < -0.4 is 0 Å². The number of carbonyl (C=O) groups excluding carboxylic acids is 4. The molecule has 0 unspecified atom stereocenters. The maximum Gasteiger partial charge on any atom is 0.329 e. The fourth-order valence-electron chi connectivity index (χ4n) is 8.97. The molecule has 57 heavy (non-hydrogen) atoms. The first-order valence-electron chi connectivity index (χ1n) is 21.1. The van der Waals surface area contributed by atoms with Crippen LogP contribution in [0.4, 0.5) is 0 Å². The molecule has 326 valence electrons. The quantitative estimate of drug-likeness (QED) is 0.0610. The van der Waals surface area contributed by atoms with Crippen LogP contribution in [0.2, 0.25) is 0 Å². The van der Waals surface area contributed by atoms with Crippen LogP contribution in [-0.2, 0) is 42.9 Å². The predicted octanol–water partition coefficient (Wildman–Crippen LogP) is 6.36. The number of alkyl halides is 1. The van der Waals surface area contributed by atoms with Gasteiger partial charge in [-0.3, -0.25) is 14.4 Å². The van der Waals surface area contributed by atoms with E-state index in [1.165, 1.54) is 11.8 Å². The van der Waals surface area contributed by atoms with E-state index >= 15 is 0 Å². The summed E-state index contributed by atoms with van der Waals surface area (Å²) in [5.41, 5.74) is 1.78. The third kappa shape index (κ3) is 13.9. The molecule has 0 radical (unpaired) electrons. The Kier molecular flexibility index (Phi) is 20.3. The summed E-state index contributed by atoms with van der Waals surface area (Å²) in [7, 11) is 4.94. The summed E-state index contributed by atoms with van der Waals surface area (Å²) in [5.74, 6) is -2.92. The molecule has 0 spiro atoms. The molecule has 3 fully saturated rings. The molecular weight excluding hydrogens is 754 g/mol. The van der Waals surface area contributed by atoms with Gasteiger partial charge in [0.05, 0.1) is 29.8 Å². The minimum Gasteiger partial charge on any atom is -0.456 e. The van der Waals surface area contributed by atoms with Gasteiger partial charge in [-0.15, -0.1) is 11.6 Å². The van der Waals surface area contributed by atoms with Crippen LogP contribution in [-0.4, -0.2) is 121 Å². The number of hydrogen-bond acceptors (Lipinski definition) is 11. The number of aliphatic hydroxyl groups excluding tert-OH is 2. The van der Waals surface area contributed by atoms with Crippen LogP contribution in [0.15, 0.2) is 23.3 Å². The Morgan fingerprint density at radius 2 is 1.65 bits per heavy atom. The van der Waals surface area contributed by atoms with E-state index in [1.807, 2.05) is 33.8 Å². The average molecular weight is 827 g/mol. The number of hydrogen-bond donors (Lipinski definition) is 2. The Morgan fingerprint density at radius 3 is 2.26 bits per heavy atom. The van der Waals surface area contributed by atoms with Crippen LogP contribution in [0, 0.1) is 29.6 Å². The van der Waals surface area contributed by atoms with E-state index in [4.69, 9.17) is 35.3 Å². The fourth-order valence-corrected chi connectivity index (χ4v) is 9.30. The molecule has 1 amide bonds. The van der Waals surface area contributed by atoms with Gasteiger partial charge in [0.25, 0.3) is 5.91 Å². The van der Waals surface area contributed by atoms with Crippen LogP contribution in [0.1, 0.15) is 119 Å². The Morgan fingerprint density at radius 1 is 0.965 bits per heavy atom. The second kappa shape index (κ2) is 23.6. The van der Waals surface area contributed by atoms with E-state index in [0.29, 0.717) is 51.4 Å². The van der Waals surface area contributed by atoms with Gasteiger partial charge in [0.2, 0.25) is 5.78 Å². The molecule has 0 aromatic heterocycles. The molecule has 0 bridgehead atoms. The number of Topliss-reactive ketones (excluding diaryl/α,β-unsaturated/α-hetero) is 2. The van der Waals surface area contributed by atoms with E-state index in [9.17, 15) is 29.4 Å². The number of halogens is 1. The maximum absolute atomic E-state index is 13.9. The van der Waals surface area contributed by atoms with Crippen molar-refractivity contribution in [3.05, 3.63) is 23.3 Å². The zero-order chi connectivity index (χ0) is 42.6. The zero-order valence-corrected chi connectivity index (χ0v) is 36.9. The molecular formula is C44H72ClNO11. The van der Waals surface area contributed by atoms with E-state index in [1.54, 1.807) is 28.3 Å². The normalized spacial score (nSPS) is 30.8. The Hall–Kier alpha value is -2.19. The number of likely N-dealkylation sites (tertiary alicyclic amines) is 1. The van der Waals surface area contributed by atoms with Crippen molar-refractivity contribution >= 4 is 35.0 Å². The first-order valence-corrected chi connectivity index (χ1v) is 21.5. The smallest absolute Gasteiger partial charge is 0.329 e. The van der Waals surface area contributed by atoms with Crippen molar-refractivity contribution < 1.29 is 53.1 Å². The van der Waals surface area contributed by atoms with Gasteiger partial charge >= 0.3 is 5.97 Å². The lowest BCUT2D eigenvalue weighted by molar-refractivity contribution is -0.254. The average Bonchev–Trinajstić information content (AvgIpc) is 3.18. The van der Waals surface area contributed by atoms with E-state index in [0.717, 1.165) is 24.0 Å². The second-order valence-electron chi connectivity index (χ2n) is 17.1. The third-order valence-electron chi connectivity index (χ3n) is 12.4. The number of esters is 1. The van der Waals surface area contributed by atoms with Crippen molar-refractivity contribution in [1.29, 1.82) is 0 Å². The van der Waals surface area contributed by atoms with Crippen molar-refractivity contribution in [1.82, 2.24) is 4.90 Å². The molecule has 0 aromatic rings. The van der Waals surface area contributed by atoms with E-state index < -0.39 is 60.1 Å². The number of rotatable bonds is 20. The molecule has 3 aliphatic rings. The number of carbonyl (C=O) groups is 4. The number of amides is 1. The van der Waals surface area contributed by atoms with Gasteiger partial charge in [-0.1, -0.05) is 45.4 Å². The molecule has 2 saturated heterocycles. The predicted molar refractivity (Wildman–Crippen MR) is 218 cm³/mol. The van der Waals surface area contributed by atoms with Crippen LogP contribution in [0.5, 0.6) is 0 Å². The van der Waals surface area contributed by atoms with Crippen molar-refractivity contribution in [3.63, 3.8) is 0 Å². The van der Waals surface area contributed by atoms with E-state index in [2.05, 4.69) is 13.0 Å². The van der Waals surface area contributed by atoms with Gasteiger partial charge < -0.3 is 38.8 Å². The zero-order valence-electron chi connectivity index (χ0n) is 36.1. The summed E-state index contributed by atoms with van der Waals surface area (Å²) < 4.78 is 29.3. The highest BCUT2D eigenvalue weighted by atomic mass is 35.5. The number of ether oxygens (including phenoxy) is 5. The molecule has 1 aliphatic carbocycles. The summed E-state index contributed by atoms with van der Waals surface area (Å²) in [6, 6.07) is -0.910. The summed E-state index contributed by atoms with van der Waals surface area (Å²) in [6.07, 6.45) is 6.68. The Balaban J connectivity index is 1.75. The summed E-state index contributed by atoms with van der Waals surface area (Å²) in [4.78, 5) is 53.8. The SMILES string of the molecule is CC[C@H](/C=C(\C)C[C@H](C)C[C@H](OC)[C@H]1O[C@H](O)[C@H](C)C[C@@H]1OC)C(=O)C[C@H](O)[C@@H](C)[C@H](OC(=O)[C@@H]1CCCCN1C(=O)C(C)=O)/C(C)=C/[C@@H]1CC[C@H](Cl)[C@H](OC)C1. The minimum absolute atomic E-state index is 0.0405. The largest absolute Gasteiger partial charge is 0.456 e. The molecule has 12 nitrogen and oxygen atoms in total. The van der Waals surface area contributed by atoms with Crippen LogP contribution >= 0.6 is 11.6 Å². The molecule has 13 heteroatoms. The van der Waals surface area contributed by atoms with Gasteiger partial charge in [-0.25, -0.2) is 4.79 Å². The van der Waals surface area contributed by atoms with Gasteiger partial charge in [-0.2, -0.15) is 0 Å². The van der Waals surface area contributed by atoms with E-state index in [-0.39, 0.29) is 60.2 Å². The second-order valence-corrected chi connectivity index (χ2v) is 17.7. The van der Waals surface area contributed by atoms with Crippen molar-refractivity contribution in [2.45, 2.75) is 173 Å². The summed E-state index contributed by atoms with van der Waals surface area (Å²) in [5, 5.41) is 22.0. The first-order chi connectivity index (χ1) is 26.9. The molecule has 2 N–H and O–H groups in total.